The predicted octanol–water partition coefficient (Wildman–Crippen LogP) is 1.94. The molecule has 4 heterocycles. The third-order valence-electron chi connectivity index (χ3n) is 3.95. The van der Waals surface area contributed by atoms with Crippen LogP contribution >= 0.6 is 11.8 Å². The summed E-state index contributed by atoms with van der Waals surface area (Å²) in [5, 5.41) is 11.7. The molecule has 0 spiro atoms. The van der Waals surface area contributed by atoms with E-state index in [1.54, 1.807) is 15.6 Å². The van der Waals surface area contributed by atoms with Crippen LogP contribution in [0.25, 0.3) is 5.82 Å². The van der Waals surface area contributed by atoms with E-state index in [4.69, 9.17) is 0 Å². The molecule has 0 saturated heterocycles. The first kappa shape index (κ1) is 14.1. The maximum absolute atomic E-state index is 12.8. The molecular weight excluding hydrogens is 312 g/mol. The molecule has 0 fully saturated rings. The van der Waals surface area contributed by atoms with Crippen LogP contribution in [-0.2, 0) is 25.6 Å². The minimum Gasteiger partial charge on any atom is -0.308 e. The van der Waals surface area contributed by atoms with E-state index in [0.29, 0.717) is 5.56 Å². The highest BCUT2D eigenvalue weighted by atomic mass is 32.2. The number of hydrogen-bond acceptors (Lipinski definition) is 4. The minimum atomic E-state index is -0.176. The van der Waals surface area contributed by atoms with E-state index < -0.39 is 0 Å². The van der Waals surface area contributed by atoms with Gasteiger partial charge in [-0.3, -0.25) is 14.2 Å². The molecule has 0 aromatic carbocycles. The van der Waals surface area contributed by atoms with Crippen LogP contribution in [0.1, 0.15) is 21.6 Å². The maximum atomic E-state index is 12.8. The SMILES string of the molecule is Cn1nc2c(c1NC(=O)c1cnn(C)c1-n1cccc1)CSC2. The fraction of sp³-hybridized carbons (Fsp3) is 0.267. The first-order valence-electron chi connectivity index (χ1n) is 7.24. The molecule has 0 saturated carbocycles. The number of aromatic nitrogens is 5. The van der Waals surface area contributed by atoms with Crippen molar-refractivity contribution in [2.24, 2.45) is 14.1 Å². The van der Waals surface area contributed by atoms with E-state index in [1.165, 1.54) is 0 Å². The summed E-state index contributed by atoms with van der Waals surface area (Å²) in [6, 6.07) is 3.83. The Morgan fingerprint density at radius 1 is 1.22 bits per heavy atom. The monoisotopic (exact) mass is 328 g/mol. The Hall–Kier alpha value is -2.48. The van der Waals surface area contributed by atoms with Crippen molar-refractivity contribution >= 4 is 23.5 Å². The fourth-order valence-corrected chi connectivity index (χ4v) is 3.88. The summed E-state index contributed by atoms with van der Waals surface area (Å²) < 4.78 is 5.32. The van der Waals surface area contributed by atoms with Crippen molar-refractivity contribution in [1.29, 1.82) is 0 Å². The Labute approximate surface area is 137 Å². The first-order chi connectivity index (χ1) is 11.1. The van der Waals surface area contributed by atoms with Gasteiger partial charge in [-0.25, -0.2) is 0 Å². The number of anilines is 1. The number of carbonyl (C=O) groups is 1. The average molecular weight is 328 g/mol. The molecule has 0 radical (unpaired) electrons. The van der Waals surface area contributed by atoms with E-state index in [0.717, 1.165) is 34.4 Å². The smallest absolute Gasteiger partial charge is 0.262 e. The molecule has 0 atom stereocenters. The molecule has 1 aliphatic heterocycles. The molecule has 1 amide bonds. The molecule has 8 heteroatoms. The van der Waals surface area contributed by atoms with Crippen LogP contribution in [0.3, 0.4) is 0 Å². The van der Waals surface area contributed by atoms with Crippen LogP contribution in [0.2, 0.25) is 0 Å². The topological polar surface area (TPSA) is 69.7 Å². The second-order valence-corrected chi connectivity index (χ2v) is 6.43. The van der Waals surface area contributed by atoms with Gasteiger partial charge in [-0.05, 0) is 12.1 Å². The van der Waals surface area contributed by atoms with E-state index in [1.807, 2.05) is 55.0 Å². The van der Waals surface area contributed by atoms with Crippen LogP contribution in [0.4, 0.5) is 5.82 Å². The number of thioether (sulfide) groups is 1. The van der Waals surface area contributed by atoms with E-state index in [-0.39, 0.29) is 5.91 Å². The normalized spacial score (nSPS) is 13.3. The second-order valence-electron chi connectivity index (χ2n) is 5.44. The van der Waals surface area contributed by atoms with Crippen molar-refractivity contribution in [1.82, 2.24) is 24.1 Å². The summed E-state index contributed by atoms with van der Waals surface area (Å²) in [4.78, 5) is 12.8. The van der Waals surface area contributed by atoms with Gasteiger partial charge in [0.1, 0.15) is 17.2 Å². The number of nitrogens with one attached hydrogen (secondary N) is 1. The number of hydrogen-bond donors (Lipinski definition) is 1. The number of nitrogens with zero attached hydrogens (tertiary/aromatic N) is 5. The van der Waals surface area contributed by atoms with Gasteiger partial charge in [-0.2, -0.15) is 22.0 Å². The van der Waals surface area contributed by atoms with Crippen LogP contribution in [0.15, 0.2) is 30.7 Å². The van der Waals surface area contributed by atoms with Crippen LogP contribution < -0.4 is 5.32 Å². The minimum absolute atomic E-state index is 0.176. The summed E-state index contributed by atoms with van der Waals surface area (Å²) in [7, 11) is 3.68. The van der Waals surface area contributed by atoms with Crippen molar-refractivity contribution < 1.29 is 4.79 Å². The molecule has 0 unspecified atom stereocenters. The van der Waals surface area contributed by atoms with Crippen molar-refractivity contribution in [3.8, 4) is 5.82 Å². The quantitative estimate of drug-likeness (QED) is 0.798. The van der Waals surface area contributed by atoms with Gasteiger partial charge in [0.15, 0.2) is 0 Å². The molecule has 7 nitrogen and oxygen atoms in total. The molecule has 4 rings (SSSR count). The Balaban J connectivity index is 1.69. The van der Waals surface area contributed by atoms with Gasteiger partial charge in [0.05, 0.1) is 11.9 Å². The van der Waals surface area contributed by atoms with Crippen LogP contribution in [0, 0.1) is 0 Å². The highest BCUT2D eigenvalue weighted by Crippen LogP contribution is 2.34. The van der Waals surface area contributed by atoms with Crippen molar-refractivity contribution in [3.05, 3.63) is 47.5 Å². The number of carbonyl (C=O) groups excluding carboxylic acids is 1. The standard InChI is InChI=1S/C15H16N6OS/c1-19-13(11-8-23-9-12(11)18-19)17-14(22)10-7-16-20(2)15(10)21-5-3-4-6-21/h3-7H,8-9H2,1-2H3,(H,17,22). The lowest BCUT2D eigenvalue weighted by atomic mass is 10.2. The van der Waals surface area contributed by atoms with Gasteiger partial charge in [0.25, 0.3) is 5.91 Å². The van der Waals surface area contributed by atoms with Crippen molar-refractivity contribution in [2.45, 2.75) is 11.5 Å². The zero-order chi connectivity index (χ0) is 16.0. The maximum Gasteiger partial charge on any atom is 0.262 e. The van der Waals surface area contributed by atoms with Gasteiger partial charge >= 0.3 is 0 Å². The highest BCUT2D eigenvalue weighted by molar-refractivity contribution is 7.98. The molecular formula is C15H16N6OS. The molecule has 3 aromatic heterocycles. The average Bonchev–Trinajstić information content (AvgIpc) is 3.25. The first-order valence-corrected chi connectivity index (χ1v) is 8.40. The summed E-state index contributed by atoms with van der Waals surface area (Å²) in [5.41, 5.74) is 2.71. The van der Waals surface area contributed by atoms with Gasteiger partial charge in [0.2, 0.25) is 0 Å². The number of aryl methyl sites for hydroxylation is 2. The third kappa shape index (κ3) is 2.26. The lowest BCUT2D eigenvalue weighted by Crippen LogP contribution is -2.17. The number of fused-ring (bicyclic) bond motifs is 1. The van der Waals surface area contributed by atoms with Gasteiger partial charge in [0, 0.05) is 43.6 Å². The Morgan fingerprint density at radius 3 is 2.78 bits per heavy atom. The summed E-state index contributed by atoms with van der Waals surface area (Å²) in [6.07, 6.45) is 5.38. The number of rotatable bonds is 3. The lowest BCUT2D eigenvalue weighted by molar-refractivity contribution is 0.102. The predicted molar refractivity (Wildman–Crippen MR) is 88.7 cm³/mol. The Kier molecular flexibility index (Phi) is 3.26. The summed E-state index contributed by atoms with van der Waals surface area (Å²) >= 11 is 1.81. The van der Waals surface area contributed by atoms with Gasteiger partial charge in [-0.1, -0.05) is 0 Å². The van der Waals surface area contributed by atoms with Gasteiger partial charge in [-0.15, -0.1) is 0 Å². The largest absolute Gasteiger partial charge is 0.308 e. The van der Waals surface area contributed by atoms with Gasteiger partial charge < -0.3 is 9.88 Å². The molecule has 1 aliphatic rings. The summed E-state index contributed by atoms with van der Waals surface area (Å²) in [6.45, 7) is 0. The second kappa shape index (κ2) is 5.31. The molecule has 118 valence electrons. The van der Waals surface area contributed by atoms with E-state index in [9.17, 15) is 4.79 Å². The Morgan fingerprint density at radius 2 is 2.00 bits per heavy atom. The summed E-state index contributed by atoms with van der Waals surface area (Å²) in [5.74, 6) is 3.12. The molecule has 0 bridgehead atoms. The van der Waals surface area contributed by atoms with E-state index in [2.05, 4.69) is 15.5 Å². The van der Waals surface area contributed by atoms with Crippen LogP contribution in [0.5, 0.6) is 0 Å². The third-order valence-corrected chi connectivity index (χ3v) is 4.92. The van der Waals surface area contributed by atoms with E-state index >= 15 is 0 Å². The molecule has 1 N–H and O–H groups in total. The molecule has 0 aliphatic carbocycles. The molecule has 23 heavy (non-hydrogen) atoms. The number of amides is 1. The Bertz CT molecular complexity index is 876. The zero-order valence-corrected chi connectivity index (χ0v) is 13.7. The van der Waals surface area contributed by atoms with Crippen molar-refractivity contribution in [2.75, 3.05) is 5.32 Å². The zero-order valence-electron chi connectivity index (χ0n) is 12.9. The lowest BCUT2D eigenvalue weighted by Gasteiger charge is -2.09. The van der Waals surface area contributed by atoms with Crippen molar-refractivity contribution in [3.63, 3.8) is 0 Å². The fourth-order valence-electron chi connectivity index (χ4n) is 2.85. The molecule has 3 aromatic rings. The van der Waals surface area contributed by atoms with Crippen LogP contribution in [-0.4, -0.2) is 30.0 Å². The highest BCUT2D eigenvalue weighted by Gasteiger charge is 2.24.